The molecule has 0 bridgehead atoms. The average Bonchev–Trinajstić information content (AvgIpc) is 2.51. The Morgan fingerprint density at radius 1 is 1.09 bits per heavy atom. The Morgan fingerprint density at radius 3 is 2.22 bits per heavy atom. The molecule has 0 saturated carbocycles. The van der Waals surface area contributed by atoms with Crippen LogP contribution in [0.15, 0.2) is 24.3 Å². The number of Topliss-reactive ketones (excluding diaryl/α,β-unsaturated/α-hetero) is 1. The summed E-state index contributed by atoms with van der Waals surface area (Å²) in [7, 11) is 0. The van der Waals surface area contributed by atoms with Crippen LogP contribution < -0.4 is 5.32 Å². The number of hydrogen-bond acceptors (Lipinski definition) is 5. The van der Waals surface area contributed by atoms with E-state index in [1.807, 2.05) is 0 Å². The molecule has 0 saturated heterocycles. The Bertz CT molecular complexity index is 554. The molecule has 0 aliphatic carbocycles. The lowest BCUT2D eigenvalue weighted by atomic mass is 9.99. The number of ketones is 1. The Labute approximate surface area is 133 Å². The summed E-state index contributed by atoms with van der Waals surface area (Å²) in [6.07, 6.45) is -2.30. The maximum Gasteiger partial charge on any atom is 0.303 e. The van der Waals surface area contributed by atoms with E-state index >= 15 is 0 Å². The monoisotopic (exact) mass is 323 g/mol. The molecule has 0 fully saturated rings. The maximum absolute atomic E-state index is 11.8. The second-order valence-corrected chi connectivity index (χ2v) is 5.22. The molecule has 0 aliphatic rings. The molecule has 1 amide bonds. The number of nitrogens with one attached hydrogen (secondary N) is 1. The fourth-order valence-electron chi connectivity index (χ4n) is 2.01. The van der Waals surface area contributed by atoms with Crippen LogP contribution in [0.3, 0.4) is 0 Å². The number of carbonyl (C=O) groups excluding carboxylic acids is 2. The number of carboxylic acids is 1. The van der Waals surface area contributed by atoms with Gasteiger partial charge in [0.2, 0.25) is 5.91 Å². The topological polar surface area (TPSA) is 124 Å². The second kappa shape index (κ2) is 9.02. The third kappa shape index (κ3) is 6.58. The number of aliphatic hydroxyl groups is 2. The van der Waals surface area contributed by atoms with Gasteiger partial charge < -0.3 is 20.6 Å². The van der Waals surface area contributed by atoms with Crippen LogP contribution in [0.25, 0.3) is 0 Å². The number of aliphatic hydroxyl groups excluding tert-OH is 2. The molecule has 0 heterocycles. The lowest BCUT2D eigenvalue weighted by Gasteiger charge is -2.18. The lowest BCUT2D eigenvalue weighted by Crippen LogP contribution is -2.27. The van der Waals surface area contributed by atoms with Crippen LogP contribution in [0.1, 0.15) is 48.2 Å². The van der Waals surface area contributed by atoms with Crippen LogP contribution in [0.4, 0.5) is 0 Å². The van der Waals surface area contributed by atoms with Gasteiger partial charge in [-0.05, 0) is 12.0 Å². The molecule has 0 aliphatic heterocycles. The molecule has 0 aromatic heterocycles. The van der Waals surface area contributed by atoms with Gasteiger partial charge in [0, 0.05) is 25.5 Å². The molecule has 1 rings (SSSR count). The zero-order chi connectivity index (χ0) is 17.4. The number of benzene rings is 1. The van der Waals surface area contributed by atoms with E-state index in [-0.39, 0.29) is 37.5 Å². The largest absolute Gasteiger partial charge is 0.481 e. The van der Waals surface area contributed by atoms with Crippen molar-refractivity contribution >= 4 is 17.7 Å². The summed E-state index contributed by atoms with van der Waals surface area (Å²) in [5.74, 6) is -1.54. The van der Waals surface area contributed by atoms with Crippen LogP contribution in [-0.2, 0) is 9.59 Å². The number of rotatable bonds is 9. The molecule has 1 aromatic rings. The van der Waals surface area contributed by atoms with Crippen molar-refractivity contribution in [3.63, 3.8) is 0 Å². The first-order valence-electron chi connectivity index (χ1n) is 7.26. The summed E-state index contributed by atoms with van der Waals surface area (Å²) < 4.78 is 0. The Kier molecular flexibility index (Phi) is 7.37. The summed E-state index contributed by atoms with van der Waals surface area (Å²) >= 11 is 0. The highest BCUT2D eigenvalue weighted by atomic mass is 16.4. The van der Waals surface area contributed by atoms with Crippen molar-refractivity contribution in [1.82, 2.24) is 5.32 Å². The van der Waals surface area contributed by atoms with Gasteiger partial charge in [0.25, 0.3) is 0 Å². The van der Waals surface area contributed by atoms with Crippen molar-refractivity contribution in [2.45, 2.75) is 38.4 Å². The third-order valence-electron chi connectivity index (χ3n) is 3.32. The normalized spacial score (nSPS) is 13.2. The van der Waals surface area contributed by atoms with Gasteiger partial charge >= 0.3 is 5.97 Å². The first kappa shape index (κ1) is 18.8. The zero-order valence-corrected chi connectivity index (χ0v) is 12.9. The smallest absolute Gasteiger partial charge is 0.303 e. The van der Waals surface area contributed by atoms with Gasteiger partial charge in [0.05, 0.1) is 12.5 Å². The molecule has 7 nitrogen and oxygen atoms in total. The van der Waals surface area contributed by atoms with Gasteiger partial charge in [-0.3, -0.25) is 14.4 Å². The summed E-state index contributed by atoms with van der Waals surface area (Å²) in [4.78, 5) is 32.9. The van der Waals surface area contributed by atoms with Gasteiger partial charge in [-0.25, -0.2) is 0 Å². The Balaban J connectivity index is 2.59. The van der Waals surface area contributed by atoms with E-state index in [1.165, 1.54) is 31.2 Å². The first-order valence-corrected chi connectivity index (χ1v) is 7.26. The summed E-state index contributed by atoms with van der Waals surface area (Å²) in [6, 6.07) is 6.01. The summed E-state index contributed by atoms with van der Waals surface area (Å²) in [5, 5.41) is 31.0. The standard InChI is InChI=1S/C16H21NO6/c1-10(18)17-9-8-14(20)16(23)12-4-2-11(3-5-12)13(19)6-7-15(21)22/h2-5,14,16,20,23H,6-9H2,1H3,(H,17,18)(H,21,22). The average molecular weight is 323 g/mol. The molecular weight excluding hydrogens is 302 g/mol. The van der Waals surface area contributed by atoms with E-state index in [9.17, 15) is 24.6 Å². The third-order valence-corrected chi connectivity index (χ3v) is 3.32. The molecule has 4 N–H and O–H groups in total. The molecular formula is C16H21NO6. The van der Waals surface area contributed by atoms with Crippen LogP contribution in [0, 0.1) is 0 Å². The summed E-state index contributed by atoms with van der Waals surface area (Å²) in [6.45, 7) is 1.61. The molecule has 7 heteroatoms. The highest BCUT2D eigenvalue weighted by Gasteiger charge is 2.18. The summed E-state index contributed by atoms with van der Waals surface area (Å²) in [5.41, 5.74) is 0.796. The fourth-order valence-corrected chi connectivity index (χ4v) is 2.01. The molecule has 0 radical (unpaired) electrons. The quantitative estimate of drug-likeness (QED) is 0.495. The van der Waals surface area contributed by atoms with E-state index in [0.29, 0.717) is 11.1 Å². The van der Waals surface area contributed by atoms with E-state index in [1.54, 1.807) is 0 Å². The van der Waals surface area contributed by atoms with Crippen LogP contribution in [-0.4, -0.2) is 45.6 Å². The van der Waals surface area contributed by atoms with E-state index in [2.05, 4.69) is 5.32 Å². The highest BCUT2D eigenvalue weighted by Crippen LogP contribution is 2.20. The van der Waals surface area contributed by atoms with Crippen LogP contribution >= 0.6 is 0 Å². The molecule has 23 heavy (non-hydrogen) atoms. The number of amides is 1. The maximum atomic E-state index is 11.8. The number of carbonyl (C=O) groups is 3. The lowest BCUT2D eigenvalue weighted by molar-refractivity contribution is -0.137. The second-order valence-electron chi connectivity index (χ2n) is 5.22. The molecule has 0 spiro atoms. The van der Waals surface area contributed by atoms with Gasteiger partial charge in [-0.2, -0.15) is 0 Å². The van der Waals surface area contributed by atoms with Gasteiger partial charge in [0.1, 0.15) is 6.10 Å². The van der Waals surface area contributed by atoms with Gasteiger partial charge in [0.15, 0.2) is 5.78 Å². The van der Waals surface area contributed by atoms with Crippen molar-refractivity contribution in [1.29, 1.82) is 0 Å². The Morgan fingerprint density at radius 2 is 1.70 bits per heavy atom. The van der Waals surface area contributed by atoms with Crippen LogP contribution in [0.2, 0.25) is 0 Å². The van der Waals surface area contributed by atoms with E-state index in [4.69, 9.17) is 5.11 Å². The predicted octanol–water partition coefficient (Wildman–Crippen LogP) is 0.655. The van der Waals surface area contributed by atoms with E-state index in [0.717, 1.165) is 0 Å². The number of carboxylic acid groups (broad SMARTS) is 1. The Hall–Kier alpha value is -2.25. The van der Waals surface area contributed by atoms with Crippen molar-refractivity contribution in [2.75, 3.05) is 6.54 Å². The van der Waals surface area contributed by atoms with Crippen LogP contribution in [0.5, 0.6) is 0 Å². The minimum Gasteiger partial charge on any atom is -0.481 e. The van der Waals surface area contributed by atoms with E-state index < -0.39 is 18.2 Å². The first-order chi connectivity index (χ1) is 10.8. The van der Waals surface area contributed by atoms with Crippen molar-refractivity contribution in [3.05, 3.63) is 35.4 Å². The molecule has 126 valence electrons. The predicted molar refractivity (Wildman–Crippen MR) is 81.9 cm³/mol. The molecule has 2 unspecified atom stereocenters. The number of aliphatic carboxylic acids is 1. The van der Waals surface area contributed by atoms with Crippen molar-refractivity contribution < 1.29 is 29.7 Å². The molecule has 2 atom stereocenters. The minimum absolute atomic E-state index is 0.0867. The fraction of sp³-hybridized carbons (Fsp3) is 0.438. The highest BCUT2D eigenvalue weighted by molar-refractivity contribution is 5.97. The van der Waals surface area contributed by atoms with Gasteiger partial charge in [-0.1, -0.05) is 24.3 Å². The van der Waals surface area contributed by atoms with Crippen molar-refractivity contribution in [2.24, 2.45) is 0 Å². The molecule has 1 aromatic carbocycles. The SMILES string of the molecule is CC(=O)NCCC(O)C(O)c1ccc(C(=O)CCC(=O)O)cc1. The van der Waals surface area contributed by atoms with Crippen molar-refractivity contribution in [3.8, 4) is 0 Å². The van der Waals surface area contributed by atoms with Gasteiger partial charge in [-0.15, -0.1) is 0 Å². The zero-order valence-electron chi connectivity index (χ0n) is 12.9. The minimum atomic E-state index is -1.13. The number of hydrogen-bond donors (Lipinski definition) is 4.